The largest absolute Gasteiger partial charge is 0.490 e. The summed E-state index contributed by atoms with van der Waals surface area (Å²) in [5.41, 5.74) is 3.26. The zero-order valence-corrected chi connectivity index (χ0v) is 16.0. The van der Waals surface area contributed by atoms with Crippen molar-refractivity contribution < 1.29 is 9.53 Å². The van der Waals surface area contributed by atoms with Crippen molar-refractivity contribution in [1.29, 1.82) is 0 Å². The summed E-state index contributed by atoms with van der Waals surface area (Å²) in [7, 11) is 3.98. The van der Waals surface area contributed by atoms with Crippen LogP contribution in [0.2, 0.25) is 0 Å². The Bertz CT molecular complexity index is 876. The second-order valence-electron chi connectivity index (χ2n) is 7.28. The van der Waals surface area contributed by atoms with Crippen LogP contribution in [-0.4, -0.2) is 48.3 Å². The minimum Gasteiger partial charge on any atom is -0.490 e. The lowest BCUT2D eigenvalue weighted by Gasteiger charge is -2.23. The van der Waals surface area contributed by atoms with E-state index in [2.05, 4.69) is 15.5 Å². The van der Waals surface area contributed by atoms with Crippen molar-refractivity contribution in [3.63, 3.8) is 0 Å². The number of hydrogen-bond acceptors (Lipinski definition) is 5. The molecule has 1 amide bonds. The number of aromatic nitrogens is 2. The number of carbonyl (C=O) groups is 1. The first kappa shape index (κ1) is 19.1. The van der Waals surface area contributed by atoms with Gasteiger partial charge in [0, 0.05) is 18.5 Å². The Labute approximate surface area is 158 Å². The minimum absolute atomic E-state index is 0.0535. The van der Waals surface area contributed by atoms with Gasteiger partial charge < -0.3 is 15.0 Å². The maximum absolute atomic E-state index is 12.8. The van der Waals surface area contributed by atoms with Crippen LogP contribution in [0, 0.1) is 12.8 Å². The summed E-state index contributed by atoms with van der Waals surface area (Å²) in [4.78, 5) is 26.3. The summed E-state index contributed by atoms with van der Waals surface area (Å²) in [6, 6.07) is 7.31. The van der Waals surface area contributed by atoms with E-state index in [0.717, 1.165) is 23.4 Å². The number of nitrogens with zero attached hydrogens (tertiary/aromatic N) is 2. The molecule has 1 heterocycles. The Kier molecular flexibility index (Phi) is 5.91. The molecule has 7 nitrogen and oxygen atoms in total. The normalized spacial score (nSPS) is 16.1. The molecule has 1 aliphatic rings. The topological polar surface area (TPSA) is 87.3 Å². The molecule has 3 rings (SSSR count). The Morgan fingerprint density at radius 3 is 2.96 bits per heavy atom. The zero-order valence-electron chi connectivity index (χ0n) is 16.0. The molecule has 7 heteroatoms. The highest BCUT2D eigenvalue weighted by molar-refractivity contribution is 5.94. The maximum atomic E-state index is 12.8. The van der Waals surface area contributed by atoms with E-state index in [1.54, 1.807) is 6.07 Å². The second kappa shape index (κ2) is 8.35. The highest BCUT2D eigenvalue weighted by Crippen LogP contribution is 2.29. The third kappa shape index (κ3) is 4.95. The molecule has 0 radical (unpaired) electrons. The lowest BCUT2D eigenvalue weighted by molar-refractivity contribution is -0.120. The summed E-state index contributed by atoms with van der Waals surface area (Å²) in [6.45, 7) is 3.33. The van der Waals surface area contributed by atoms with E-state index in [-0.39, 0.29) is 17.4 Å². The van der Waals surface area contributed by atoms with Gasteiger partial charge in [-0.25, -0.2) is 5.10 Å². The Hall–Kier alpha value is -2.67. The molecular formula is C20H26N4O3. The summed E-state index contributed by atoms with van der Waals surface area (Å²) < 4.78 is 5.88. The predicted molar refractivity (Wildman–Crippen MR) is 104 cm³/mol. The summed E-state index contributed by atoms with van der Waals surface area (Å²) in [5.74, 6) is 0.443. The van der Waals surface area contributed by atoms with Gasteiger partial charge in [0.15, 0.2) is 0 Å². The van der Waals surface area contributed by atoms with Crippen molar-refractivity contribution >= 4 is 11.6 Å². The monoisotopic (exact) mass is 370 g/mol. The first-order chi connectivity index (χ1) is 12.9. The van der Waals surface area contributed by atoms with E-state index in [1.165, 1.54) is 0 Å². The molecule has 0 aliphatic heterocycles. The second-order valence-corrected chi connectivity index (χ2v) is 7.28. The highest BCUT2D eigenvalue weighted by Gasteiger charge is 2.26. The van der Waals surface area contributed by atoms with Crippen LogP contribution in [-0.2, 0) is 17.6 Å². The quantitative estimate of drug-likeness (QED) is 0.809. The number of amides is 1. The zero-order chi connectivity index (χ0) is 19.4. The van der Waals surface area contributed by atoms with E-state index in [9.17, 15) is 9.59 Å². The summed E-state index contributed by atoms with van der Waals surface area (Å²) in [5, 5.41) is 9.54. The first-order valence-corrected chi connectivity index (χ1v) is 9.19. The van der Waals surface area contributed by atoms with Crippen molar-refractivity contribution in [1.82, 2.24) is 15.1 Å². The number of carbonyl (C=O) groups excluding carboxylic acids is 1. The third-order valence-electron chi connectivity index (χ3n) is 4.73. The number of likely N-dealkylation sites (N-methyl/N-ethyl adjacent to an activating group) is 1. The number of nitrogens with one attached hydrogen (secondary N) is 2. The number of ether oxygens (including phenoxy) is 1. The average Bonchev–Trinajstić information content (AvgIpc) is 2.62. The van der Waals surface area contributed by atoms with Crippen LogP contribution in [0.3, 0.4) is 0 Å². The van der Waals surface area contributed by atoms with E-state index >= 15 is 0 Å². The predicted octanol–water partition coefficient (Wildman–Crippen LogP) is 1.76. The lowest BCUT2D eigenvalue weighted by atomic mass is 9.86. The van der Waals surface area contributed by atoms with Gasteiger partial charge in [-0.05, 0) is 63.5 Å². The molecule has 144 valence electrons. The number of hydrogen-bond donors (Lipinski definition) is 2. The molecule has 27 heavy (non-hydrogen) atoms. The summed E-state index contributed by atoms with van der Waals surface area (Å²) in [6.07, 6.45) is 1.92. The third-order valence-corrected chi connectivity index (χ3v) is 4.73. The maximum Gasteiger partial charge on any atom is 0.264 e. The van der Waals surface area contributed by atoms with Gasteiger partial charge in [-0.15, -0.1) is 0 Å². The molecule has 2 N–H and O–H groups in total. The van der Waals surface area contributed by atoms with Crippen LogP contribution < -0.4 is 15.6 Å². The molecule has 0 saturated heterocycles. The number of H-pyrrole nitrogens is 1. The fraction of sp³-hybridized carbons (Fsp3) is 0.450. The number of aromatic amines is 1. The number of fused-ring (bicyclic) bond motifs is 1. The van der Waals surface area contributed by atoms with Gasteiger partial charge in [-0.2, -0.15) is 5.10 Å². The first-order valence-electron chi connectivity index (χ1n) is 9.19. The van der Waals surface area contributed by atoms with Crippen LogP contribution in [0.5, 0.6) is 5.75 Å². The van der Waals surface area contributed by atoms with Crippen LogP contribution in [0.1, 0.15) is 23.2 Å². The van der Waals surface area contributed by atoms with Gasteiger partial charge in [-0.1, -0.05) is 6.07 Å². The van der Waals surface area contributed by atoms with E-state index in [1.807, 2.05) is 44.1 Å². The minimum atomic E-state index is -0.232. The van der Waals surface area contributed by atoms with E-state index in [4.69, 9.17) is 4.74 Å². The molecule has 2 aromatic rings. The fourth-order valence-corrected chi connectivity index (χ4v) is 3.19. The Morgan fingerprint density at radius 2 is 2.19 bits per heavy atom. The number of anilines is 1. The fourth-order valence-electron chi connectivity index (χ4n) is 3.19. The van der Waals surface area contributed by atoms with Crippen LogP contribution in [0.15, 0.2) is 29.1 Å². The molecule has 0 spiro atoms. The Morgan fingerprint density at radius 1 is 1.37 bits per heavy atom. The van der Waals surface area contributed by atoms with Crippen molar-refractivity contribution in [2.45, 2.75) is 26.2 Å². The average molecular weight is 370 g/mol. The van der Waals surface area contributed by atoms with Gasteiger partial charge in [0.2, 0.25) is 5.91 Å². The van der Waals surface area contributed by atoms with Crippen LogP contribution >= 0.6 is 0 Å². The molecule has 1 aromatic carbocycles. The molecule has 1 aromatic heterocycles. The molecular weight excluding hydrogens is 344 g/mol. The van der Waals surface area contributed by atoms with Gasteiger partial charge in [0.1, 0.15) is 12.4 Å². The lowest BCUT2D eigenvalue weighted by Crippen LogP contribution is -2.30. The smallest absolute Gasteiger partial charge is 0.264 e. The standard InChI is InChI=1S/C20H26N4O3/c1-13-4-6-17(18(10-13)27-9-8-24(2)3)21-20(26)14-5-7-16-15(11-14)12-19(25)23-22-16/h4,6,10,12,14H,5,7-9,11H2,1-3H3,(H,21,26)(H,23,25). The van der Waals surface area contributed by atoms with Gasteiger partial charge in [0.05, 0.1) is 11.4 Å². The Balaban J connectivity index is 1.69. The summed E-state index contributed by atoms with van der Waals surface area (Å²) >= 11 is 0. The van der Waals surface area contributed by atoms with Crippen molar-refractivity contribution in [3.8, 4) is 5.75 Å². The SMILES string of the molecule is Cc1ccc(NC(=O)C2CCc3n[nH]c(=O)cc3C2)c(OCCN(C)C)c1. The van der Waals surface area contributed by atoms with Crippen LogP contribution in [0.4, 0.5) is 5.69 Å². The molecule has 0 saturated carbocycles. The van der Waals surface area contributed by atoms with E-state index < -0.39 is 0 Å². The molecule has 1 atom stereocenters. The number of benzene rings is 1. The molecule has 0 bridgehead atoms. The number of rotatable bonds is 6. The van der Waals surface area contributed by atoms with E-state index in [0.29, 0.717) is 37.3 Å². The van der Waals surface area contributed by atoms with Crippen LogP contribution in [0.25, 0.3) is 0 Å². The van der Waals surface area contributed by atoms with Crippen molar-refractivity contribution in [3.05, 3.63) is 51.4 Å². The molecule has 1 aliphatic carbocycles. The van der Waals surface area contributed by atoms with Gasteiger partial charge in [0.25, 0.3) is 5.56 Å². The molecule has 1 unspecified atom stereocenters. The van der Waals surface area contributed by atoms with Crippen molar-refractivity contribution in [2.75, 3.05) is 32.6 Å². The van der Waals surface area contributed by atoms with Gasteiger partial charge in [-0.3, -0.25) is 9.59 Å². The number of aryl methyl sites for hydroxylation is 2. The highest BCUT2D eigenvalue weighted by atomic mass is 16.5. The molecule has 0 fully saturated rings. The van der Waals surface area contributed by atoms with Crippen molar-refractivity contribution in [2.24, 2.45) is 5.92 Å². The van der Waals surface area contributed by atoms with Gasteiger partial charge >= 0.3 is 0 Å².